The second-order valence-electron chi connectivity index (χ2n) is 7.41. The van der Waals surface area contributed by atoms with Gasteiger partial charge in [-0.05, 0) is 37.2 Å². The minimum absolute atomic E-state index is 0.00426. The van der Waals surface area contributed by atoms with Crippen LogP contribution < -0.4 is 0 Å². The number of carbonyl (C=O) groups excluding carboxylic acids is 1. The van der Waals surface area contributed by atoms with Gasteiger partial charge in [0.1, 0.15) is 12.2 Å². The lowest BCUT2D eigenvalue weighted by Crippen LogP contribution is -2.40. The van der Waals surface area contributed by atoms with Gasteiger partial charge in [-0.3, -0.25) is 5.26 Å². The number of hydrogen-bond donors (Lipinski definition) is 2. The van der Waals surface area contributed by atoms with E-state index >= 15 is 0 Å². The van der Waals surface area contributed by atoms with E-state index in [1.54, 1.807) is 13.0 Å². The van der Waals surface area contributed by atoms with Crippen molar-refractivity contribution in [2.24, 2.45) is 23.2 Å². The van der Waals surface area contributed by atoms with Crippen LogP contribution in [-0.4, -0.2) is 34.6 Å². The molecule has 0 radical (unpaired) electrons. The monoisotopic (exact) mass is 282 g/mol. The van der Waals surface area contributed by atoms with Gasteiger partial charge in [0.25, 0.3) is 0 Å². The molecule has 0 aromatic heterocycles. The third-order valence-electron chi connectivity index (χ3n) is 5.33. The van der Waals surface area contributed by atoms with Crippen LogP contribution >= 0.6 is 0 Å². The Morgan fingerprint density at radius 3 is 2.70 bits per heavy atom. The first-order chi connectivity index (χ1) is 9.27. The Bertz CT molecular complexity index is 469. The van der Waals surface area contributed by atoms with Gasteiger partial charge in [0, 0.05) is 11.5 Å². The van der Waals surface area contributed by atoms with Crippen molar-refractivity contribution in [3.63, 3.8) is 0 Å². The summed E-state index contributed by atoms with van der Waals surface area (Å²) in [4.78, 5) is 16.6. The molecule has 2 aliphatic carbocycles. The average molecular weight is 282 g/mol. The van der Waals surface area contributed by atoms with Crippen LogP contribution in [0.3, 0.4) is 0 Å². The zero-order valence-corrected chi connectivity index (χ0v) is 12.1. The molecule has 2 fully saturated rings. The number of carbonyl (C=O) groups is 1. The summed E-state index contributed by atoms with van der Waals surface area (Å²) >= 11 is 0. The minimum Gasteiger partial charge on any atom is -0.462 e. The maximum absolute atomic E-state index is 11.8. The molecule has 1 heterocycles. The average Bonchev–Trinajstić information content (AvgIpc) is 2.88. The second-order valence-corrected chi connectivity index (χ2v) is 7.41. The van der Waals surface area contributed by atoms with Crippen molar-refractivity contribution in [1.29, 1.82) is 0 Å². The molecular formula is C15H22O5. The molecule has 5 nitrogen and oxygen atoms in total. The van der Waals surface area contributed by atoms with Crippen molar-refractivity contribution >= 4 is 5.97 Å². The van der Waals surface area contributed by atoms with Gasteiger partial charge in [-0.25, -0.2) is 9.68 Å². The molecule has 5 atom stereocenters. The first kappa shape index (κ1) is 14.0. The number of cyclic esters (lactones) is 1. The maximum atomic E-state index is 11.8. The highest BCUT2D eigenvalue weighted by molar-refractivity contribution is 5.91. The summed E-state index contributed by atoms with van der Waals surface area (Å²) in [5.74, 6) is -0.726. The molecule has 3 aliphatic rings. The van der Waals surface area contributed by atoms with Crippen LogP contribution in [-0.2, 0) is 14.4 Å². The standard InChI is InChI=1S/C15H22O5/c1-14(2)4-9-11(6-14)15(3,20-18)5-8-10(12(9)16)7-19-13(8)17/h5,9-12,16,18H,4,6-7H2,1-3H3/t9-,10+,11+,12+,15-/m1/s1. The smallest absolute Gasteiger partial charge is 0.334 e. The zero-order chi connectivity index (χ0) is 14.7. The van der Waals surface area contributed by atoms with Gasteiger partial charge in [-0.1, -0.05) is 13.8 Å². The molecule has 0 unspecified atom stereocenters. The van der Waals surface area contributed by atoms with Gasteiger partial charge in [-0.15, -0.1) is 0 Å². The summed E-state index contributed by atoms with van der Waals surface area (Å²) in [5.41, 5.74) is -0.418. The molecule has 2 N–H and O–H groups in total. The number of hydrogen-bond acceptors (Lipinski definition) is 5. The van der Waals surface area contributed by atoms with Gasteiger partial charge in [0.2, 0.25) is 0 Å². The first-order valence-corrected chi connectivity index (χ1v) is 7.18. The van der Waals surface area contributed by atoms with Crippen molar-refractivity contribution in [3.8, 4) is 0 Å². The van der Waals surface area contributed by atoms with Crippen LogP contribution in [0.1, 0.15) is 33.6 Å². The summed E-state index contributed by atoms with van der Waals surface area (Å²) in [6, 6.07) is 0. The Morgan fingerprint density at radius 2 is 2.05 bits per heavy atom. The summed E-state index contributed by atoms with van der Waals surface area (Å²) in [6.45, 7) is 6.32. The number of esters is 1. The van der Waals surface area contributed by atoms with E-state index in [-0.39, 0.29) is 29.8 Å². The summed E-state index contributed by atoms with van der Waals surface area (Å²) in [6.07, 6.45) is 2.74. The quantitative estimate of drug-likeness (QED) is 0.435. The Hall–Kier alpha value is -0.910. The van der Waals surface area contributed by atoms with Crippen molar-refractivity contribution in [2.75, 3.05) is 6.61 Å². The zero-order valence-electron chi connectivity index (χ0n) is 12.1. The highest BCUT2D eigenvalue weighted by atomic mass is 17.1. The lowest BCUT2D eigenvalue weighted by Gasteiger charge is -2.34. The van der Waals surface area contributed by atoms with Crippen LogP contribution in [0.2, 0.25) is 0 Å². The molecular weight excluding hydrogens is 260 g/mol. The SMILES string of the molecule is CC1(C)C[C@H]2[C@H](O)[C@H]3COC(=O)C3=C[C@@](C)(OO)[C@H]2C1. The van der Waals surface area contributed by atoms with E-state index in [1.165, 1.54) is 0 Å². The molecule has 0 aromatic rings. The van der Waals surface area contributed by atoms with E-state index in [0.29, 0.717) is 5.57 Å². The summed E-state index contributed by atoms with van der Waals surface area (Å²) in [5, 5.41) is 20.1. The summed E-state index contributed by atoms with van der Waals surface area (Å²) in [7, 11) is 0. The molecule has 1 saturated carbocycles. The lowest BCUT2D eigenvalue weighted by atomic mass is 9.79. The van der Waals surface area contributed by atoms with Crippen LogP contribution in [0.5, 0.6) is 0 Å². The lowest BCUT2D eigenvalue weighted by molar-refractivity contribution is -0.319. The Morgan fingerprint density at radius 1 is 1.35 bits per heavy atom. The maximum Gasteiger partial charge on any atom is 0.334 e. The molecule has 112 valence electrons. The van der Waals surface area contributed by atoms with E-state index in [9.17, 15) is 15.2 Å². The summed E-state index contributed by atoms with van der Waals surface area (Å²) < 4.78 is 5.06. The second kappa shape index (κ2) is 4.29. The van der Waals surface area contributed by atoms with E-state index in [4.69, 9.17) is 9.62 Å². The fraction of sp³-hybridized carbons (Fsp3) is 0.800. The van der Waals surface area contributed by atoms with Crippen LogP contribution in [0.15, 0.2) is 11.6 Å². The third-order valence-corrected chi connectivity index (χ3v) is 5.33. The Kier molecular flexibility index (Phi) is 3.01. The van der Waals surface area contributed by atoms with E-state index < -0.39 is 17.7 Å². The van der Waals surface area contributed by atoms with Gasteiger partial charge in [0.05, 0.1) is 12.0 Å². The topological polar surface area (TPSA) is 76.0 Å². The van der Waals surface area contributed by atoms with E-state index in [2.05, 4.69) is 13.8 Å². The number of aliphatic hydroxyl groups excluding tert-OH is 1. The van der Waals surface area contributed by atoms with Gasteiger partial charge < -0.3 is 9.84 Å². The highest BCUT2D eigenvalue weighted by Crippen LogP contribution is 2.55. The number of rotatable bonds is 1. The molecule has 0 bridgehead atoms. The van der Waals surface area contributed by atoms with Crippen molar-refractivity contribution < 1.29 is 24.8 Å². The van der Waals surface area contributed by atoms with Gasteiger partial charge in [0.15, 0.2) is 0 Å². The normalized spacial score (nSPS) is 46.2. The molecule has 3 rings (SSSR count). The van der Waals surface area contributed by atoms with Crippen molar-refractivity contribution in [3.05, 3.63) is 11.6 Å². The molecule has 1 saturated heterocycles. The van der Waals surface area contributed by atoms with Crippen molar-refractivity contribution in [2.45, 2.75) is 45.3 Å². The predicted molar refractivity (Wildman–Crippen MR) is 70.7 cm³/mol. The largest absolute Gasteiger partial charge is 0.462 e. The fourth-order valence-corrected chi connectivity index (χ4v) is 4.34. The third kappa shape index (κ3) is 1.91. The molecule has 0 spiro atoms. The van der Waals surface area contributed by atoms with Crippen LogP contribution in [0.4, 0.5) is 0 Å². The Balaban J connectivity index is 2.07. The molecule has 20 heavy (non-hydrogen) atoms. The predicted octanol–water partition coefficient (Wildman–Crippen LogP) is 1.76. The van der Waals surface area contributed by atoms with Gasteiger partial charge in [-0.2, -0.15) is 0 Å². The first-order valence-electron chi connectivity index (χ1n) is 7.18. The highest BCUT2D eigenvalue weighted by Gasteiger charge is 2.56. The molecule has 5 heteroatoms. The van der Waals surface area contributed by atoms with Gasteiger partial charge >= 0.3 is 5.97 Å². The molecule has 1 aliphatic heterocycles. The van der Waals surface area contributed by atoms with Crippen LogP contribution in [0.25, 0.3) is 0 Å². The molecule has 0 aromatic carbocycles. The number of aliphatic hydroxyl groups is 1. The molecule has 0 amide bonds. The van der Waals surface area contributed by atoms with Crippen molar-refractivity contribution in [1.82, 2.24) is 0 Å². The van der Waals surface area contributed by atoms with E-state index in [1.807, 2.05) is 0 Å². The minimum atomic E-state index is -0.952. The fourth-order valence-electron chi connectivity index (χ4n) is 4.34. The number of ether oxygens (including phenoxy) is 1. The Labute approximate surface area is 118 Å². The van der Waals surface area contributed by atoms with Crippen LogP contribution in [0, 0.1) is 23.2 Å². The number of fused-ring (bicyclic) bond motifs is 2. The van der Waals surface area contributed by atoms with E-state index in [0.717, 1.165) is 12.8 Å².